The van der Waals surface area contributed by atoms with Gasteiger partial charge in [0.15, 0.2) is 5.11 Å². The summed E-state index contributed by atoms with van der Waals surface area (Å²) in [5, 5.41) is 3.37. The molecule has 3 N–H and O–H groups in total. The quantitative estimate of drug-likeness (QED) is 0.402. The number of carbonyl (C=O) groups excluding carboxylic acids is 1. The molecule has 0 fully saturated rings. The zero-order chi connectivity index (χ0) is 15.5. The summed E-state index contributed by atoms with van der Waals surface area (Å²) in [5.41, 5.74) is 5.25. The lowest BCUT2D eigenvalue weighted by atomic mass is 10.4. The van der Waals surface area contributed by atoms with Crippen LogP contribution in [0.15, 0.2) is 35.2 Å². The number of amides is 1. The van der Waals surface area contributed by atoms with E-state index in [0.29, 0.717) is 18.1 Å². The van der Waals surface area contributed by atoms with E-state index in [2.05, 4.69) is 16.2 Å². The van der Waals surface area contributed by atoms with Crippen LogP contribution in [-0.4, -0.2) is 36.5 Å². The van der Waals surface area contributed by atoms with Crippen LogP contribution in [0.4, 0.5) is 0 Å². The average molecular weight is 327 g/mol. The molecule has 0 aliphatic heterocycles. The van der Waals surface area contributed by atoms with E-state index in [-0.39, 0.29) is 11.9 Å². The Bertz CT molecular complexity index is 443. The molecule has 1 aromatic rings. The topological polar surface area (TPSA) is 62.4 Å². The van der Waals surface area contributed by atoms with Crippen molar-refractivity contribution in [2.75, 3.05) is 19.5 Å². The van der Waals surface area contributed by atoms with Crippen molar-refractivity contribution in [1.82, 2.24) is 16.2 Å². The summed E-state index contributed by atoms with van der Waals surface area (Å²) in [4.78, 5) is 12.8. The fourth-order valence-corrected chi connectivity index (χ4v) is 2.64. The maximum absolute atomic E-state index is 11.7. The van der Waals surface area contributed by atoms with E-state index in [1.165, 1.54) is 0 Å². The van der Waals surface area contributed by atoms with Crippen molar-refractivity contribution in [3.63, 3.8) is 0 Å². The van der Waals surface area contributed by atoms with Crippen molar-refractivity contribution in [3.05, 3.63) is 30.3 Å². The number of methoxy groups -OCH3 is 1. The zero-order valence-electron chi connectivity index (χ0n) is 12.2. The molecule has 21 heavy (non-hydrogen) atoms. The molecule has 0 saturated heterocycles. The van der Waals surface area contributed by atoms with E-state index >= 15 is 0 Å². The van der Waals surface area contributed by atoms with E-state index in [1.807, 2.05) is 37.3 Å². The number of thioether (sulfide) groups is 1. The third-order valence-electron chi connectivity index (χ3n) is 2.45. The van der Waals surface area contributed by atoms with Gasteiger partial charge in [0.05, 0.1) is 6.61 Å². The predicted octanol–water partition coefficient (Wildman–Crippen LogP) is 1.70. The molecule has 0 spiro atoms. The van der Waals surface area contributed by atoms with Crippen LogP contribution in [-0.2, 0) is 9.53 Å². The number of hydrogen-bond acceptors (Lipinski definition) is 4. The summed E-state index contributed by atoms with van der Waals surface area (Å²) < 4.78 is 4.99. The molecule has 0 unspecified atom stereocenters. The van der Waals surface area contributed by atoms with Crippen LogP contribution in [0, 0.1) is 0 Å². The zero-order valence-corrected chi connectivity index (χ0v) is 13.9. The van der Waals surface area contributed by atoms with Crippen molar-refractivity contribution in [3.8, 4) is 0 Å². The minimum absolute atomic E-state index is 0.0838. The Labute approximate surface area is 135 Å². The van der Waals surface area contributed by atoms with Gasteiger partial charge in [0.2, 0.25) is 5.91 Å². The van der Waals surface area contributed by atoms with Gasteiger partial charge in [0.1, 0.15) is 0 Å². The van der Waals surface area contributed by atoms with E-state index in [4.69, 9.17) is 17.0 Å². The van der Waals surface area contributed by atoms with Crippen molar-refractivity contribution < 1.29 is 9.53 Å². The Morgan fingerprint density at radius 1 is 1.33 bits per heavy atom. The van der Waals surface area contributed by atoms with Crippen LogP contribution in [0.3, 0.4) is 0 Å². The van der Waals surface area contributed by atoms with E-state index in [0.717, 1.165) is 10.6 Å². The highest BCUT2D eigenvalue weighted by Crippen LogP contribution is 2.17. The number of hydrogen-bond donors (Lipinski definition) is 3. The highest BCUT2D eigenvalue weighted by atomic mass is 32.2. The summed E-state index contributed by atoms with van der Waals surface area (Å²) in [7, 11) is 1.63. The standard InChI is InChI=1S/C14H21N3O2S2/c1-11(10-19-2)15-14(20)17-16-13(18)8-9-21-12-6-4-3-5-7-12/h3-7,11H,8-10H2,1-2H3,(H,16,18)(H2,15,17,20)/t11-/m1/s1. The average Bonchev–Trinajstić information content (AvgIpc) is 2.46. The molecule has 1 atom stereocenters. The molecule has 0 bridgehead atoms. The molecule has 1 amide bonds. The lowest BCUT2D eigenvalue weighted by Gasteiger charge is -2.16. The number of thiocarbonyl (C=S) groups is 1. The normalized spacial score (nSPS) is 11.5. The monoisotopic (exact) mass is 327 g/mol. The first-order valence-corrected chi connectivity index (χ1v) is 8.03. The molecule has 1 rings (SSSR count). The summed E-state index contributed by atoms with van der Waals surface area (Å²) in [6, 6.07) is 10.1. The van der Waals surface area contributed by atoms with Crippen LogP contribution in [0.1, 0.15) is 13.3 Å². The van der Waals surface area contributed by atoms with E-state index in [9.17, 15) is 4.79 Å². The van der Waals surface area contributed by atoms with Crippen molar-refractivity contribution >= 4 is 35.0 Å². The summed E-state index contributed by atoms with van der Waals surface area (Å²) >= 11 is 6.70. The van der Waals surface area contributed by atoms with Gasteiger partial charge in [-0.15, -0.1) is 11.8 Å². The maximum Gasteiger partial charge on any atom is 0.239 e. The summed E-state index contributed by atoms with van der Waals surface area (Å²) in [6.45, 7) is 2.49. The minimum atomic E-state index is -0.0954. The first kappa shape index (κ1) is 17.7. The molecular formula is C14H21N3O2S2. The third-order valence-corrected chi connectivity index (χ3v) is 3.68. The van der Waals surface area contributed by atoms with Crippen LogP contribution in [0.5, 0.6) is 0 Å². The fourth-order valence-electron chi connectivity index (χ4n) is 1.52. The molecule has 1 aromatic carbocycles. The largest absolute Gasteiger partial charge is 0.383 e. The molecule has 0 aromatic heterocycles. The van der Waals surface area contributed by atoms with E-state index < -0.39 is 0 Å². The van der Waals surface area contributed by atoms with Crippen molar-refractivity contribution in [2.45, 2.75) is 24.3 Å². The van der Waals surface area contributed by atoms with Gasteiger partial charge < -0.3 is 10.1 Å². The molecular weight excluding hydrogens is 306 g/mol. The second-order valence-electron chi connectivity index (χ2n) is 4.41. The Hall–Kier alpha value is -1.31. The van der Waals surface area contributed by atoms with Crippen LogP contribution in [0.25, 0.3) is 0 Å². The number of hydrazine groups is 1. The van der Waals surface area contributed by atoms with Gasteiger partial charge in [-0.05, 0) is 31.3 Å². The van der Waals surface area contributed by atoms with Gasteiger partial charge in [-0.3, -0.25) is 15.6 Å². The highest BCUT2D eigenvalue weighted by molar-refractivity contribution is 7.99. The first-order chi connectivity index (χ1) is 10.1. The smallest absolute Gasteiger partial charge is 0.239 e. The first-order valence-electron chi connectivity index (χ1n) is 6.64. The second-order valence-corrected chi connectivity index (χ2v) is 5.99. The fraction of sp³-hybridized carbons (Fsp3) is 0.429. The highest BCUT2D eigenvalue weighted by Gasteiger charge is 2.05. The number of rotatable bonds is 7. The number of benzene rings is 1. The maximum atomic E-state index is 11.7. The minimum Gasteiger partial charge on any atom is -0.383 e. The Morgan fingerprint density at radius 3 is 2.71 bits per heavy atom. The van der Waals surface area contributed by atoms with E-state index in [1.54, 1.807) is 18.9 Å². The molecule has 116 valence electrons. The van der Waals surface area contributed by atoms with Gasteiger partial charge in [0, 0.05) is 30.2 Å². The van der Waals surface area contributed by atoms with Crippen LogP contribution in [0.2, 0.25) is 0 Å². The van der Waals surface area contributed by atoms with Crippen molar-refractivity contribution in [2.24, 2.45) is 0 Å². The van der Waals surface area contributed by atoms with Crippen LogP contribution >= 0.6 is 24.0 Å². The van der Waals surface area contributed by atoms with Gasteiger partial charge in [-0.2, -0.15) is 0 Å². The molecule has 0 radical (unpaired) electrons. The lowest BCUT2D eigenvalue weighted by molar-refractivity contribution is -0.121. The molecule has 7 heteroatoms. The van der Waals surface area contributed by atoms with Gasteiger partial charge in [-0.25, -0.2) is 0 Å². The lowest BCUT2D eigenvalue weighted by Crippen LogP contribution is -2.50. The third kappa shape index (κ3) is 8.54. The summed E-state index contributed by atoms with van der Waals surface area (Å²) in [5.74, 6) is 0.625. The van der Waals surface area contributed by atoms with Crippen LogP contribution < -0.4 is 16.2 Å². The Morgan fingerprint density at radius 2 is 2.05 bits per heavy atom. The molecule has 0 aliphatic rings. The Kier molecular flexibility index (Phi) is 8.80. The molecule has 5 nitrogen and oxygen atoms in total. The predicted molar refractivity (Wildman–Crippen MR) is 90.1 cm³/mol. The number of ether oxygens (including phenoxy) is 1. The Balaban J connectivity index is 2.12. The van der Waals surface area contributed by atoms with Gasteiger partial charge in [-0.1, -0.05) is 18.2 Å². The number of nitrogens with one attached hydrogen (secondary N) is 3. The van der Waals surface area contributed by atoms with Gasteiger partial charge >= 0.3 is 0 Å². The molecule has 0 heterocycles. The molecule has 0 saturated carbocycles. The SMILES string of the molecule is COC[C@@H](C)NC(=S)NNC(=O)CCSc1ccccc1. The summed E-state index contributed by atoms with van der Waals surface area (Å²) in [6.07, 6.45) is 0.419. The van der Waals surface area contributed by atoms with Crippen molar-refractivity contribution in [1.29, 1.82) is 0 Å². The number of carbonyl (C=O) groups is 1. The second kappa shape index (κ2) is 10.4. The molecule has 0 aliphatic carbocycles. The van der Waals surface area contributed by atoms with Gasteiger partial charge in [0.25, 0.3) is 0 Å².